The van der Waals surface area contributed by atoms with Gasteiger partial charge in [-0.2, -0.15) is 0 Å². The first-order valence-corrected chi connectivity index (χ1v) is 7.31. The predicted octanol–water partition coefficient (Wildman–Crippen LogP) is -2.95. The number of rotatable bonds is 9. The Bertz CT molecular complexity index is 463. The summed E-state index contributed by atoms with van der Waals surface area (Å²) in [6.07, 6.45) is 1.26. The molecule has 3 atom stereocenters. The van der Waals surface area contributed by atoms with Gasteiger partial charge in [0.05, 0.1) is 12.6 Å². The summed E-state index contributed by atoms with van der Waals surface area (Å²) in [6, 6.07) is -3.02. The third-order valence-electron chi connectivity index (χ3n) is 3.49. The van der Waals surface area contributed by atoms with Gasteiger partial charge in [-0.05, 0) is 25.8 Å². The molecule has 0 spiro atoms. The van der Waals surface area contributed by atoms with E-state index in [0.717, 1.165) is 6.42 Å². The van der Waals surface area contributed by atoms with Crippen molar-refractivity contribution in [1.82, 2.24) is 16.0 Å². The van der Waals surface area contributed by atoms with Gasteiger partial charge in [-0.25, -0.2) is 4.79 Å². The number of aliphatic carboxylic acids is 1. The van der Waals surface area contributed by atoms with Crippen LogP contribution in [0.15, 0.2) is 0 Å². The maximum atomic E-state index is 12.1. The molecule has 0 aromatic carbocycles. The van der Waals surface area contributed by atoms with E-state index in [1.54, 1.807) is 0 Å². The van der Waals surface area contributed by atoms with Crippen molar-refractivity contribution in [1.29, 1.82) is 0 Å². The lowest BCUT2D eigenvalue weighted by atomic mass is 10.1. The Kier molecular flexibility index (Phi) is 7.42. The highest BCUT2D eigenvalue weighted by molar-refractivity contribution is 5.92. The summed E-state index contributed by atoms with van der Waals surface area (Å²) < 4.78 is 0. The van der Waals surface area contributed by atoms with E-state index in [2.05, 4.69) is 16.0 Å². The molecule has 10 nitrogen and oxygen atoms in total. The summed E-state index contributed by atoms with van der Waals surface area (Å²) in [5.41, 5.74) is 5.04. The summed E-state index contributed by atoms with van der Waals surface area (Å²) in [5, 5.41) is 25.3. The molecule has 1 saturated heterocycles. The number of nitrogens with one attached hydrogen (secondary N) is 3. The topological polar surface area (TPSA) is 171 Å². The maximum Gasteiger partial charge on any atom is 0.328 e. The van der Waals surface area contributed by atoms with Gasteiger partial charge in [-0.3, -0.25) is 14.4 Å². The second-order valence-electron chi connectivity index (χ2n) is 5.30. The summed E-state index contributed by atoms with van der Waals surface area (Å²) in [6.45, 7) is -0.0937. The Balaban J connectivity index is 2.69. The molecule has 10 heteroatoms. The molecule has 0 saturated carbocycles. The van der Waals surface area contributed by atoms with Crippen LogP contribution >= 0.6 is 0 Å². The normalized spacial score (nSPS) is 19.6. The van der Waals surface area contributed by atoms with E-state index in [-0.39, 0.29) is 12.8 Å². The third kappa shape index (κ3) is 6.20. The van der Waals surface area contributed by atoms with E-state index in [4.69, 9.17) is 15.9 Å². The van der Waals surface area contributed by atoms with Crippen LogP contribution in [0.25, 0.3) is 0 Å². The number of carbonyl (C=O) groups excluding carboxylic acids is 3. The van der Waals surface area contributed by atoms with Gasteiger partial charge >= 0.3 is 5.97 Å². The fourth-order valence-corrected chi connectivity index (χ4v) is 2.19. The van der Waals surface area contributed by atoms with Crippen LogP contribution in [0.4, 0.5) is 0 Å². The second-order valence-corrected chi connectivity index (χ2v) is 5.30. The van der Waals surface area contributed by atoms with E-state index in [1.807, 2.05) is 0 Å². The molecule has 1 aliphatic rings. The molecule has 0 aromatic heterocycles. The highest BCUT2D eigenvalue weighted by Gasteiger charge is 2.29. The van der Waals surface area contributed by atoms with Crippen LogP contribution in [0.5, 0.6) is 0 Å². The van der Waals surface area contributed by atoms with Gasteiger partial charge in [0.25, 0.3) is 0 Å². The van der Waals surface area contributed by atoms with Crippen LogP contribution < -0.4 is 21.7 Å². The summed E-state index contributed by atoms with van der Waals surface area (Å²) >= 11 is 0. The minimum absolute atomic E-state index is 0.0581. The van der Waals surface area contributed by atoms with Crippen molar-refractivity contribution in [3.8, 4) is 0 Å². The number of hydrogen-bond donors (Lipinski definition) is 6. The van der Waals surface area contributed by atoms with Crippen LogP contribution in [0.2, 0.25) is 0 Å². The molecule has 0 aromatic rings. The van der Waals surface area contributed by atoms with E-state index < -0.39 is 48.4 Å². The molecule has 0 radical (unpaired) electrons. The first-order valence-electron chi connectivity index (χ1n) is 7.31. The van der Waals surface area contributed by atoms with Crippen LogP contribution in [0.3, 0.4) is 0 Å². The van der Waals surface area contributed by atoms with Gasteiger partial charge in [-0.1, -0.05) is 0 Å². The fraction of sp³-hybridized carbons (Fsp3) is 0.692. The van der Waals surface area contributed by atoms with Gasteiger partial charge in [0.15, 0.2) is 0 Å². The number of carboxylic acids is 1. The number of aliphatic hydroxyl groups excluding tert-OH is 1. The van der Waals surface area contributed by atoms with Crippen molar-refractivity contribution in [2.24, 2.45) is 5.73 Å². The molecule has 3 amide bonds. The molecular weight excluding hydrogens is 308 g/mol. The van der Waals surface area contributed by atoms with Crippen molar-refractivity contribution < 1.29 is 29.4 Å². The second kappa shape index (κ2) is 9.06. The number of aliphatic hydroxyl groups is 1. The van der Waals surface area contributed by atoms with Gasteiger partial charge in [0.1, 0.15) is 12.1 Å². The van der Waals surface area contributed by atoms with E-state index in [1.165, 1.54) is 0 Å². The van der Waals surface area contributed by atoms with Crippen LogP contribution in [0, 0.1) is 0 Å². The first kappa shape index (κ1) is 18.8. The Morgan fingerprint density at radius 2 is 1.91 bits per heavy atom. The highest BCUT2D eigenvalue weighted by Crippen LogP contribution is 2.06. The smallest absolute Gasteiger partial charge is 0.328 e. The predicted molar refractivity (Wildman–Crippen MR) is 78.0 cm³/mol. The van der Waals surface area contributed by atoms with Crippen LogP contribution in [0.1, 0.15) is 25.7 Å². The lowest BCUT2D eigenvalue weighted by molar-refractivity contribution is -0.143. The lowest BCUT2D eigenvalue weighted by Gasteiger charge is -2.22. The lowest BCUT2D eigenvalue weighted by Crippen LogP contribution is -2.55. The van der Waals surface area contributed by atoms with Gasteiger partial charge in [-0.15, -0.1) is 0 Å². The number of carboxylic acid groups (broad SMARTS) is 1. The van der Waals surface area contributed by atoms with Crippen molar-refractivity contribution in [3.63, 3.8) is 0 Å². The monoisotopic (exact) mass is 330 g/mol. The zero-order valence-electron chi connectivity index (χ0n) is 12.6. The van der Waals surface area contributed by atoms with Gasteiger partial charge < -0.3 is 31.9 Å². The molecule has 3 unspecified atom stereocenters. The summed E-state index contributed by atoms with van der Waals surface area (Å²) in [5.74, 6) is -3.24. The molecule has 7 N–H and O–H groups in total. The number of primary amides is 1. The first-order chi connectivity index (χ1) is 10.8. The molecule has 23 heavy (non-hydrogen) atoms. The minimum Gasteiger partial charge on any atom is -0.480 e. The molecule has 1 aliphatic heterocycles. The average Bonchev–Trinajstić information content (AvgIpc) is 3.02. The molecular formula is C13H22N4O6. The maximum absolute atomic E-state index is 12.1. The van der Waals surface area contributed by atoms with Crippen LogP contribution in [-0.2, 0) is 19.2 Å². The minimum atomic E-state index is -1.49. The average molecular weight is 330 g/mol. The number of nitrogens with two attached hydrogens (primary N) is 1. The summed E-state index contributed by atoms with van der Waals surface area (Å²) in [7, 11) is 0. The van der Waals surface area contributed by atoms with Crippen molar-refractivity contribution in [2.75, 3.05) is 13.2 Å². The van der Waals surface area contributed by atoms with Crippen molar-refractivity contribution in [2.45, 2.75) is 43.8 Å². The van der Waals surface area contributed by atoms with Gasteiger partial charge in [0.2, 0.25) is 17.7 Å². The molecule has 1 heterocycles. The van der Waals surface area contributed by atoms with Crippen LogP contribution in [-0.4, -0.2) is 65.2 Å². The van der Waals surface area contributed by atoms with E-state index in [9.17, 15) is 19.2 Å². The molecule has 0 bridgehead atoms. The summed E-state index contributed by atoms with van der Waals surface area (Å²) in [4.78, 5) is 45.9. The fourth-order valence-electron chi connectivity index (χ4n) is 2.19. The SMILES string of the molecule is NC(=O)CCC(NC(=O)C1CCCN1)C(=O)NC(CO)C(=O)O. The molecule has 130 valence electrons. The Morgan fingerprint density at radius 1 is 1.22 bits per heavy atom. The highest BCUT2D eigenvalue weighted by atomic mass is 16.4. The Labute approximate surface area is 132 Å². The van der Waals surface area contributed by atoms with Crippen molar-refractivity contribution in [3.05, 3.63) is 0 Å². The number of hydrogen-bond acceptors (Lipinski definition) is 6. The van der Waals surface area contributed by atoms with Crippen molar-refractivity contribution >= 4 is 23.7 Å². The van der Waals surface area contributed by atoms with E-state index in [0.29, 0.717) is 13.0 Å². The number of carbonyl (C=O) groups is 4. The molecule has 1 fully saturated rings. The quantitative estimate of drug-likeness (QED) is 0.262. The molecule has 1 rings (SSSR count). The largest absolute Gasteiger partial charge is 0.480 e. The Hall–Kier alpha value is -2.20. The Morgan fingerprint density at radius 3 is 2.39 bits per heavy atom. The standard InChI is InChI=1S/C13H22N4O6/c14-10(19)4-3-8(12(21)17-9(6-18)13(22)23)16-11(20)7-2-1-5-15-7/h7-9,15,18H,1-6H2,(H2,14,19)(H,16,20)(H,17,21)(H,22,23). The molecule has 0 aliphatic carbocycles. The van der Waals surface area contributed by atoms with Gasteiger partial charge in [0, 0.05) is 6.42 Å². The number of amides is 3. The zero-order chi connectivity index (χ0) is 17.4. The van der Waals surface area contributed by atoms with E-state index >= 15 is 0 Å². The zero-order valence-corrected chi connectivity index (χ0v) is 12.6. The third-order valence-corrected chi connectivity index (χ3v) is 3.49.